The van der Waals surface area contributed by atoms with Crippen LogP contribution in [0.3, 0.4) is 0 Å². The maximum absolute atomic E-state index is 12.3. The molecule has 0 aromatic heterocycles. The third-order valence-corrected chi connectivity index (χ3v) is 5.38. The minimum absolute atomic E-state index is 0.0576. The molecule has 0 aliphatic carbocycles. The summed E-state index contributed by atoms with van der Waals surface area (Å²) in [6, 6.07) is 5.63. The highest BCUT2D eigenvalue weighted by Gasteiger charge is 2.36. The predicted molar refractivity (Wildman–Crippen MR) is 65.0 cm³/mol. The maximum Gasteiger partial charge on any atom is 0.135 e. The number of ether oxygens (including phenoxy) is 1. The van der Waals surface area contributed by atoms with E-state index in [1.165, 1.54) is 0 Å². The van der Waals surface area contributed by atoms with Crippen molar-refractivity contribution in [1.82, 2.24) is 0 Å². The van der Waals surface area contributed by atoms with Gasteiger partial charge in [0.15, 0.2) is 0 Å². The lowest BCUT2D eigenvalue weighted by Gasteiger charge is -2.33. The van der Waals surface area contributed by atoms with Gasteiger partial charge in [0.25, 0.3) is 0 Å². The van der Waals surface area contributed by atoms with Crippen molar-refractivity contribution < 1.29 is 8.95 Å². The molecule has 88 valence electrons. The van der Waals surface area contributed by atoms with Gasteiger partial charge < -0.3 is 10.5 Å². The monoisotopic (exact) mass is 239 g/mol. The van der Waals surface area contributed by atoms with Crippen molar-refractivity contribution in [3.05, 3.63) is 23.8 Å². The van der Waals surface area contributed by atoms with Crippen LogP contribution < -0.4 is 10.5 Å². The Morgan fingerprint density at radius 1 is 1.38 bits per heavy atom. The minimum Gasteiger partial charge on any atom is -0.495 e. The third kappa shape index (κ3) is 1.57. The summed E-state index contributed by atoms with van der Waals surface area (Å²) in [4.78, 5) is 0.781. The molecule has 4 heteroatoms. The zero-order valence-electron chi connectivity index (χ0n) is 9.77. The molecule has 0 radical (unpaired) electrons. The Balaban J connectivity index is 2.63. The van der Waals surface area contributed by atoms with Crippen LogP contribution in [0.1, 0.15) is 25.5 Å². The Hall–Kier alpha value is -0.870. The molecule has 0 spiro atoms. The van der Waals surface area contributed by atoms with Crippen molar-refractivity contribution in [2.24, 2.45) is 11.7 Å². The topological polar surface area (TPSA) is 52.3 Å². The molecule has 16 heavy (non-hydrogen) atoms. The number of methoxy groups -OCH3 is 1. The molecule has 2 rings (SSSR count). The largest absolute Gasteiger partial charge is 0.495 e. The number of hydrogen-bond donors (Lipinski definition) is 1. The standard InChI is InChI=1S/C12H17NO2S/c1-7-8(2)16(14)12-9(11(7)13)5-4-6-10(12)15-3/h4-8,11H,13H2,1-3H3. The molecule has 0 saturated heterocycles. The second-order valence-corrected chi connectivity index (χ2v) is 6.01. The van der Waals surface area contributed by atoms with Crippen LogP contribution in [0, 0.1) is 5.92 Å². The van der Waals surface area contributed by atoms with Crippen LogP contribution in [-0.2, 0) is 10.8 Å². The van der Waals surface area contributed by atoms with Gasteiger partial charge in [-0.15, -0.1) is 0 Å². The molecule has 0 fully saturated rings. The van der Waals surface area contributed by atoms with E-state index < -0.39 is 10.8 Å². The van der Waals surface area contributed by atoms with Crippen molar-refractivity contribution in [2.45, 2.75) is 30.0 Å². The molecule has 4 unspecified atom stereocenters. The smallest absolute Gasteiger partial charge is 0.135 e. The zero-order chi connectivity index (χ0) is 11.9. The van der Waals surface area contributed by atoms with Gasteiger partial charge in [-0.05, 0) is 17.5 Å². The van der Waals surface area contributed by atoms with E-state index in [0.29, 0.717) is 5.75 Å². The van der Waals surface area contributed by atoms with Gasteiger partial charge in [0.1, 0.15) is 5.75 Å². The van der Waals surface area contributed by atoms with E-state index in [1.54, 1.807) is 7.11 Å². The summed E-state index contributed by atoms with van der Waals surface area (Å²) in [5, 5.41) is 0.0683. The van der Waals surface area contributed by atoms with Gasteiger partial charge in [0.2, 0.25) is 0 Å². The third-order valence-electron chi connectivity index (χ3n) is 3.43. The first-order valence-corrected chi connectivity index (χ1v) is 6.62. The lowest BCUT2D eigenvalue weighted by Crippen LogP contribution is -2.36. The number of nitrogens with two attached hydrogens (primary N) is 1. The van der Waals surface area contributed by atoms with Crippen molar-refractivity contribution in [3.63, 3.8) is 0 Å². The normalized spacial score (nSPS) is 33.2. The van der Waals surface area contributed by atoms with E-state index in [-0.39, 0.29) is 17.2 Å². The summed E-state index contributed by atoms with van der Waals surface area (Å²) in [6.45, 7) is 4.03. The van der Waals surface area contributed by atoms with Crippen molar-refractivity contribution in [1.29, 1.82) is 0 Å². The Bertz CT molecular complexity index is 433. The zero-order valence-corrected chi connectivity index (χ0v) is 10.6. The van der Waals surface area contributed by atoms with E-state index in [4.69, 9.17) is 10.5 Å². The molecule has 1 aromatic carbocycles. The Labute approximate surface area is 98.4 Å². The molecule has 0 bridgehead atoms. The van der Waals surface area contributed by atoms with Gasteiger partial charge in [-0.1, -0.05) is 26.0 Å². The molecule has 0 amide bonds. The molecule has 1 aliphatic rings. The van der Waals surface area contributed by atoms with Crippen LogP contribution >= 0.6 is 0 Å². The number of rotatable bonds is 1. The quantitative estimate of drug-likeness (QED) is 0.813. The fourth-order valence-corrected chi connectivity index (χ4v) is 3.84. The average molecular weight is 239 g/mol. The highest BCUT2D eigenvalue weighted by molar-refractivity contribution is 7.86. The molecule has 2 N–H and O–H groups in total. The predicted octanol–water partition coefficient (Wildman–Crippen LogP) is 1.84. The van der Waals surface area contributed by atoms with Crippen LogP contribution in [0.25, 0.3) is 0 Å². The van der Waals surface area contributed by atoms with Crippen LogP contribution in [0.4, 0.5) is 0 Å². The van der Waals surface area contributed by atoms with E-state index in [9.17, 15) is 4.21 Å². The number of fused-ring (bicyclic) bond motifs is 1. The minimum atomic E-state index is -1.03. The summed E-state index contributed by atoms with van der Waals surface area (Å²) in [5.41, 5.74) is 7.14. The van der Waals surface area contributed by atoms with Crippen molar-refractivity contribution >= 4 is 10.8 Å². The first-order chi connectivity index (χ1) is 7.57. The Kier molecular flexibility index (Phi) is 3.04. The van der Waals surface area contributed by atoms with E-state index >= 15 is 0 Å². The molecule has 3 nitrogen and oxygen atoms in total. The van der Waals surface area contributed by atoms with Gasteiger partial charge in [0.05, 0.1) is 22.8 Å². The van der Waals surface area contributed by atoms with Gasteiger partial charge in [0, 0.05) is 11.3 Å². The van der Waals surface area contributed by atoms with E-state index in [1.807, 2.05) is 25.1 Å². The fourth-order valence-electron chi connectivity index (χ4n) is 2.13. The van der Waals surface area contributed by atoms with Crippen molar-refractivity contribution in [2.75, 3.05) is 7.11 Å². The molecular formula is C12H17NO2S. The Morgan fingerprint density at radius 2 is 2.06 bits per heavy atom. The number of hydrogen-bond acceptors (Lipinski definition) is 3. The average Bonchev–Trinajstić information content (AvgIpc) is 2.32. The highest BCUT2D eigenvalue weighted by Crippen LogP contribution is 2.40. The van der Waals surface area contributed by atoms with E-state index in [0.717, 1.165) is 10.5 Å². The SMILES string of the molecule is COc1cccc2c1S(=O)C(C)C(C)C2N. The lowest BCUT2D eigenvalue weighted by atomic mass is 9.92. The molecule has 1 heterocycles. The first kappa shape index (κ1) is 11.6. The van der Waals surface area contributed by atoms with E-state index in [2.05, 4.69) is 6.92 Å². The summed E-state index contributed by atoms with van der Waals surface area (Å²) in [6.07, 6.45) is 0. The van der Waals surface area contributed by atoms with Crippen LogP contribution in [0.15, 0.2) is 23.1 Å². The molecule has 0 saturated carbocycles. The van der Waals surface area contributed by atoms with Gasteiger partial charge in [-0.2, -0.15) is 0 Å². The molecular weight excluding hydrogens is 222 g/mol. The summed E-state index contributed by atoms with van der Waals surface area (Å²) in [7, 11) is 0.571. The summed E-state index contributed by atoms with van der Waals surface area (Å²) >= 11 is 0. The van der Waals surface area contributed by atoms with Gasteiger partial charge in [-0.25, -0.2) is 0 Å². The molecule has 1 aromatic rings. The van der Waals surface area contributed by atoms with Crippen LogP contribution in [0.2, 0.25) is 0 Å². The first-order valence-electron chi connectivity index (χ1n) is 5.41. The summed E-state index contributed by atoms with van der Waals surface area (Å²) in [5.74, 6) is 0.908. The van der Waals surface area contributed by atoms with Crippen molar-refractivity contribution in [3.8, 4) is 5.75 Å². The summed E-state index contributed by atoms with van der Waals surface area (Å²) < 4.78 is 17.6. The highest BCUT2D eigenvalue weighted by atomic mass is 32.2. The van der Waals surface area contributed by atoms with Gasteiger partial charge >= 0.3 is 0 Å². The molecule has 4 atom stereocenters. The van der Waals surface area contributed by atoms with Crippen LogP contribution in [0.5, 0.6) is 5.75 Å². The van der Waals surface area contributed by atoms with Gasteiger partial charge in [-0.3, -0.25) is 4.21 Å². The molecule has 1 aliphatic heterocycles. The maximum atomic E-state index is 12.3. The lowest BCUT2D eigenvalue weighted by molar-refractivity contribution is 0.389. The number of benzene rings is 1. The fraction of sp³-hybridized carbons (Fsp3) is 0.500. The van der Waals surface area contributed by atoms with Crippen LogP contribution in [-0.4, -0.2) is 16.6 Å². The second-order valence-electron chi connectivity index (χ2n) is 4.27. The second kappa shape index (κ2) is 4.18. The Morgan fingerprint density at radius 3 is 2.69 bits per heavy atom.